The molecule has 1 fully saturated rings. The molecule has 1 aromatic carbocycles. The smallest absolute Gasteiger partial charge is 0.286 e. The van der Waals surface area contributed by atoms with Crippen LogP contribution in [0.25, 0.3) is 0 Å². The van der Waals surface area contributed by atoms with E-state index in [0.717, 1.165) is 37.6 Å². The van der Waals surface area contributed by atoms with Crippen LogP contribution in [0.2, 0.25) is 0 Å². The molecule has 2 aliphatic heterocycles. The number of amidine groups is 1. The van der Waals surface area contributed by atoms with E-state index >= 15 is 0 Å². The van der Waals surface area contributed by atoms with Crippen LogP contribution in [0.5, 0.6) is 0 Å². The summed E-state index contributed by atoms with van der Waals surface area (Å²) in [5.74, 6) is 0.219. The summed E-state index contributed by atoms with van der Waals surface area (Å²) in [6.45, 7) is 2.83. The molecule has 8 heteroatoms. The number of rotatable bonds is 2. The second-order valence-electron chi connectivity index (χ2n) is 5.71. The van der Waals surface area contributed by atoms with Crippen LogP contribution in [0.1, 0.15) is 26.2 Å². The first-order valence-corrected chi connectivity index (χ1v) is 10.0. The molecule has 0 aromatic heterocycles. The molecule has 3 rings (SSSR count). The van der Waals surface area contributed by atoms with Crippen LogP contribution >= 0.6 is 11.8 Å². The standard InChI is InChI=1S/C15H19N3O3S2/c1-11-6-4-5-9-18(11)14(19)10-22-15-16-12-7-2-3-8-13(12)23(20,21)17-15/h2-3,7-8,11H,4-6,9-10H2,1H3,(H,16,17)/t11-/m0/s1. The van der Waals surface area contributed by atoms with Crippen molar-refractivity contribution in [2.75, 3.05) is 17.6 Å². The molecule has 0 bridgehead atoms. The van der Waals surface area contributed by atoms with Crippen molar-refractivity contribution in [3.05, 3.63) is 24.3 Å². The van der Waals surface area contributed by atoms with Crippen LogP contribution in [0.3, 0.4) is 0 Å². The summed E-state index contributed by atoms with van der Waals surface area (Å²) in [4.78, 5) is 14.4. The van der Waals surface area contributed by atoms with Crippen molar-refractivity contribution in [2.24, 2.45) is 4.40 Å². The van der Waals surface area contributed by atoms with E-state index < -0.39 is 10.0 Å². The number of sulfonamides is 1. The van der Waals surface area contributed by atoms with Gasteiger partial charge in [0, 0.05) is 12.6 Å². The number of nitrogens with one attached hydrogen (secondary N) is 1. The minimum absolute atomic E-state index is 0.0305. The first kappa shape index (κ1) is 16.3. The summed E-state index contributed by atoms with van der Waals surface area (Å²) in [6.07, 6.45) is 3.21. The molecule has 0 aliphatic carbocycles. The monoisotopic (exact) mass is 353 g/mol. The molecule has 1 aromatic rings. The van der Waals surface area contributed by atoms with Crippen LogP contribution in [0.15, 0.2) is 33.6 Å². The molecule has 1 amide bonds. The molecule has 124 valence electrons. The predicted molar refractivity (Wildman–Crippen MR) is 92.2 cm³/mol. The molecule has 0 radical (unpaired) electrons. The third-order valence-corrected chi connectivity index (χ3v) is 6.37. The topological polar surface area (TPSA) is 78.8 Å². The van der Waals surface area contributed by atoms with Crippen molar-refractivity contribution in [2.45, 2.75) is 37.1 Å². The molecule has 23 heavy (non-hydrogen) atoms. The number of likely N-dealkylation sites (tertiary alicyclic amines) is 1. The highest BCUT2D eigenvalue weighted by Gasteiger charge is 2.27. The molecule has 1 saturated heterocycles. The largest absolute Gasteiger partial charge is 0.339 e. The number of nitrogens with zero attached hydrogens (tertiary/aromatic N) is 2. The first-order chi connectivity index (χ1) is 11.0. The quantitative estimate of drug-likeness (QED) is 0.882. The van der Waals surface area contributed by atoms with Gasteiger partial charge < -0.3 is 10.2 Å². The van der Waals surface area contributed by atoms with Crippen LogP contribution < -0.4 is 5.32 Å². The highest BCUT2D eigenvalue weighted by molar-refractivity contribution is 8.15. The Kier molecular flexibility index (Phi) is 4.63. The Morgan fingerprint density at radius 1 is 1.39 bits per heavy atom. The molecule has 0 spiro atoms. The lowest BCUT2D eigenvalue weighted by molar-refractivity contribution is -0.131. The van der Waals surface area contributed by atoms with Gasteiger partial charge in [0.15, 0.2) is 5.17 Å². The summed E-state index contributed by atoms with van der Waals surface area (Å²) < 4.78 is 28.1. The zero-order valence-corrected chi connectivity index (χ0v) is 14.5. The zero-order chi connectivity index (χ0) is 16.4. The van der Waals surface area contributed by atoms with Crippen molar-refractivity contribution >= 4 is 38.5 Å². The maximum absolute atomic E-state index is 12.3. The van der Waals surface area contributed by atoms with Crippen LogP contribution in [0.4, 0.5) is 5.69 Å². The molecule has 0 saturated carbocycles. The van der Waals surface area contributed by atoms with Gasteiger partial charge >= 0.3 is 0 Å². The van der Waals surface area contributed by atoms with Crippen molar-refractivity contribution < 1.29 is 13.2 Å². The molecule has 2 heterocycles. The number of hydrogen-bond donors (Lipinski definition) is 1. The van der Waals surface area contributed by atoms with E-state index in [4.69, 9.17) is 0 Å². The van der Waals surface area contributed by atoms with Gasteiger partial charge in [0.25, 0.3) is 10.0 Å². The Hall–Kier alpha value is -1.54. The Labute approximate surface area is 140 Å². The van der Waals surface area contributed by atoms with Gasteiger partial charge in [-0.25, -0.2) is 0 Å². The number of amides is 1. The van der Waals surface area contributed by atoms with E-state index in [9.17, 15) is 13.2 Å². The fourth-order valence-corrected chi connectivity index (χ4v) is 4.96. The van der Waals surface area contributed by atoms with Gasteiger partial charge in [-0.05, 0) is 38.3 Å². The summed E-state index contributed by atoms with van der Waals surface area (Å²) in [7, 11) is -3.70. The Morgan fingerprint density at radius 2 is 2.17 bits per heavy atom. The van der Waals surface area contributed by atoms with Gasteiger partial charge in [-0.2, -0.15) is 8.42 Å². The average Bonchev–Trinajstić information content (AvgIpc) is 2.52. The molecule has 1 atom stereocenters. The summed E-state index contributed by atoms with van der Waals surface area (Å²) in [5.41, 5.74) is 0.504. The third kappa shape index (κ3) is 3.53. The lowest BCUT2D eigenvalue weighted by Gasteiger charge is -2.33. The average molecular weight is 353 g/mol. The van der Waals surface area contributed by atoms with Crippen LogP contribution in [-0.2, 0) is 14.8 Å². The highest BCUT2D eigenvalue weighted by Crippen LogP contribution is 2.29. The van der Waals surface area contributed by atoms with Crippen molar-refractivity contribution in [3.8, 4) is 0 Å². The number of hydrogen-bond acceptors (Lipinski definition) is 5. The minimum Gasteiger partial charge on any atom is -0.339 e. The SMILES string of the molecule is C[C@H]1CCCCN1C(=O)CSC1=NS(=O)(=O)c2ccccc2N1. The molecule has 1 N–H and O–H groups in total. The second-order valence-corrected chi connectivity index (χ2v) is 8.25. The maximum atomic E-state index is 12.3. The predicted octanol–water partition coefficient (Wildman–Crippen LogP) is 2.29. The van der Waals surface area contributed by atoms with Crippen molar-refractivity contribution in [3.63, 3.8) is 0 Å². The molecular weight excluding hydrogens is 334 g/mol. The lowest BCUT2D eigenvalue weighted by Crippen LogP contribution is -2.43. The van der Waals surface area contributed by atoms with E-state index in [0.29, 0.717) is 5.69 Å². The van der Waals surface area contributed by atoms with Gasteiger partial charge in [-0.15, -0.1) is 4.40 Å². The zero-order valence-electron chi connectivity index (χ0n) is 12.9. The Morgan fingerprint density at radius 3 is 2.96 bits per heavy atom. The highest BCUT2D eigenvalue weighted by atomic mass is 32.2. The van der Waals surface area contributed by atoms with E-state index in [1.807, 2.05) is 4.90 Å². The summed E-state index contributed by atoms with van der Waals surface area (Å²) in [6, 6.07) is 6.88. The Balaban J connectivity index is 1.68. The number of carbonyl (C=O) groups excluding carboxylic acids is 1. The fraction of sp³-hybridized carbons (Fsp3) is 0.467. The van der Waals surface area contributed by atoms with Crippen LogP contribution in [-0.4, -0.2) is 42.7 Å². The molecule has 6 nitrogen and oxygen atoms in total. The maximum Gasteiger partial charge on any atom is 0.286 e. The van der Waals surface area contributed by atoms with E-state index in [1.54, 1.807) is 18.2 Å². The van der Waals surface area contributed by atoms with Gasteiger partial charge in [-0.3, -0.25) is 4.79 Å². The van der Waals surface area contributed by atoms with E-state index in [1.165, 1.54) is 6.07 Å². The third-order valence-electron chi connectivity index (χ3n) is 4.07. The number of thioether (sulfide) groups is 1. The van der Waals surface area contributed by atoms with Gasteiger partial charge in [0.05, 0.1) is 11.4 Å². The second kappa shape index (κ2) is 6.52. The summed E-state index contributed by atoms with van der Waals surface area (Å²) >= 11 is 1.14. The van der Waals surface area contributed by atoms with E-state index in [-0.39, 0.29) is 27.8 Å². The number of para-hydroxylation sites is 1. The summed E-state index contributed by atoms with van der Waals surface area (Å²) in [5, 5.41) is 3.24. The minimum atomic E-state index is -3.70. The molecular formula is C15H19N3O3S2. The van der Waals surface area contributed by atoms with Crippen molar-refractivity contribution in [1.29, 1.82) is 0 Å². The molecule has 2 aliphatic rings. The number of piperidine rings is 1. The Bertz CT molecular complexity index is 746. The van der Waals surface area contributed by atoms with Gasteiger partial charge in [0.2, 0.25) is 5.91 Å². The number of fused-ring (bicyclic) bond motifs is 1. The normalized spacial score (nSPS) is 22.7. The van der Waals surface area contributed by atoms with Gasteiger partial charge in [0.1, 0.15) is 4.90 Å². The fourth-order valence-electron chi connectivity index (χ4n) is 2.84. The number of carbonyl (C=O) groups is 1. The number of anilines is 1. The first-order valence-electron chi connectivity index (χ1n) is 7.61. The molecule has 0 unspecified atom stereocenters. The lowest BCUT2D eigenvalue weighted by atomic mass is 10.0. The van der Waals surface area contributed by atoms with Crippen molar-refractivity contribution in [1.82, 2.24) is 4.90 Å². The van der Waals surface area contributed by atoms with E-state index in [2.05, 4.69) is 16.6 Å². The van der Waals surface area contributed by atoms with Gasteiger partial charge in [-0.1, -0.05) is 23.9 Å². The van der Waals surface area contributed by atoms with Crippen LogP contribution in [0, 0.1) is 0 Å². The number of benzene rings is 1.